The Morgan fingerprint density at radius 2 is 2.50 bits per heavy atom. The number of anilines is 1. The highest BCUT2D eigenvalue weighted by Gasteiger charge is 2.10. The molecule has 0 saturated carbocycles. The van der Waals surface area contributed by atoms with Gasteiger partial charge in [0.2, 0.25) is 0 Å². The van der Waals surface area contributed by atoms with Crippen LogP contribution < -0.4 is 5.32 Å². The van der Waals surface area contributed by atoms with Crippen LogP contribution in [0.2, 0.25) is 0 Å². The Labute approximate surface area is 58.1 Å². The minimum Gasteiger partial charge on any atom is -0.383 e. The normalized spacial score (nSPS) is 14.5. The Hall–Kier alpha value is -1.12. The average Bonchev–Trinajstić information content (AvgIpc) is 2.33. The van der Waals surface area contributed by atoms with Crippen molar-refractivity contribution in [1.29, 1.82) is 0 Å². The molecule has 0 bridgehead atoms. The number of aromatic nitrogens is 1. The third kappa shape index (κ3) is 0.744. The van der Waals surface area contributed by atoms with E-state index in [2.05, 4.69) is 10.3 Å². The van der Waals surface area contributed by atoms with Crippen molar-refractivity contribution >= 4 is 5.69 Å². The SMILES string of the molecule is Fc1cnc2c(c1)NCC2. The van der Waals surface area contributed by atoms with Crippen LogP contribution in [0.1, 0.15) is 5.69 Å². The molecule has 0 unspecified atom stereocenters. The van der Waals surface area contributed by atoms with Crippen LogP contribution in [0.15, 0.2) is 12.3 Å². The highest BCUT2D eigenvalue weighted by atomic mass is 19.1. The van der Waals surface area contributed by atoms with Crippen molar-refractivity contribution in [2.45, 2.75) is 6.42 Å². The average molecular weight is 138 g/mol. The zero-order valence-corrected chi connectivity index (χ0v) is 5.39. The van der Waals surface area contributed by atoms with Gasteiger partial charge < -0.3 is 5.32 Å². The molecule has 0 saturated heterocycles. The van der Waals surface area contributed by atoms with E-state index >= 15 is 0 Å². The van der Waals surface area contributed by atoms with Crippen molar-refractivity contribution < 1.29 is 4.39 Å². The predicted octanol–water partition coefficient (Wildman–Crippen LogP) is 1.19. The second kappa shape index (κ2) is 1.94. The van der Waals surface area contributed by atoms with Gasteiger partial charge in [0, 0.05) is 19.0 Å². The molecule has 1 aliphatic rings. The largest absolute Gasteiger partial charge is 0.383 e. The standard InChI is InChI=1S/C7H7FN2/c8-5-3-7-6(10-4-5)1-2-9-7/h3-4,9H,1-2H2. The minimum atomic E-state index is -0.270. The van der Waals surface area contributed by atoms with Gasteiger partial charge in [-0.15, -0.1) is 0 Å². The predicted molar refractivity (Wildman–Crippen MR) is 36.4 cm³/mol. The van der Waals surface area contributed by atoms with Crippen molar-refractivity contribution in [2.24, 2.45) is 0 Å². The summed E-state index contributed by atoms with van der Waals surface area (Å²) >= 11 is 0. The number of rotatable bonds is 0. The Morgan fingerprint density at radius 1 is 1.60 bits per heavy atom. The molecule has 52 valence electrons. The summed E-state index contributed by atoms with van der Waals surface area (Å²) in [6, 6.07) is 1.48. The number of hydrogen-bond acceptors (Lipinski definition) is 2. The van der Waals surface area contributed by atoms with Crippen LogP contribution in [-0.2, 0) is 6.42 Å². The zero-order chi connectivity index (χ0) is 6.97. The zero-order valence-electron chi connectivity index (χ0n) is 5.39. The van der Waals surface area contributed by atoms with Crippen LogP contribution in [0, 0.1) is 5.82 Å². The van der Waals surface area contributed by atoms with Gasteiger partial charge in [-0.05, 0) is 0 Å². The van der Waals surface area contributed by atoms with Gasteiger partial charge in [0.25, 0.3) is 0 Å². The molecule has 0 radical (unpaired) electrons. The number of hydrogen-bond donors (Lipinski definition) is 1. The van der Waals surface area contributed by atoms with Crippen molar-refractivity contribution in [3.8, 4) is 0 Å². The lowest BCUT2D eigenvalue weighted by Gasteiger charge is -1.95. The summed E-state index contributed by atoms with van der Waals surface area (Å²) in [4.78, 5) is 3.92. The Balaban J connectivity index is 2.52. The van der Waals surface area contributed by atoms with Crippen LogP contribution in [0.25, 0.3) is 0 Å². The van der Waals surface area contributed by atoms with Crippen LogP contribution >= 0.6 is 0 Å². The smallest absolute Gasteiger partial charge is 0.143 e. The fraction of sp³-hybridized carbons (Fsp3) is 0.286. The highest BCUT2D eigenvalue weighted by Crippen LogP contribution is 2.19. The van der Waals surface area contributed by atoms with E-state index in [4.69, 9.17) is 0 Å². The van der Waals surface area contributed by atoms with E-state index in [0.29, 0.717) is 0 Å². The van der Waals surface area contributed by atoms with Gasteiger partial charge in [-0.3, -0.25) is 4.98 Å². The molecule has 2 rings (SSSR count). The fourth-order valence-corrected chi connectivity index (χ4v) is 1.14. The summed E-state index contributed by atoms with van der Waals surface area (Å²) in [5.41, 5.74) is 1.82. The molecule has 0 aliphatic carbocycles. The Kier molecular flexibility index (Phi) is 1.09. The lowest BCUT2D eigenvalue weighted by atomic mass is 10.3. The minimum absolute atomic E-state index is 0.270. The van der Waals surface area contributed by atoms with Crippen LogP contribution in [0.3, 0.4) is 0 Å². The summed E-state index contributed by atoms with van der Waals surface area (Å²) in [6.45, 7) is 0.881. The van der Waals surface area contributed by atoms with Gasteiger partial charge >= 0.3 is 0 Å². The summed E-state index contributed by atoms with van der Waals surface area (Å²) in [5, 5.41) is 3.04. The quantitative estimate of drug-likeness (QED) is 0.582. The molecule has 1 aliphatic heterocycles. The third-order valence-corrected chi connectivity index (χ3v) is 1.61. The van der Waals surface area contributed by atoms with E-state index in [1.165, 1.54) is 12.3 Å². The molecule has 2 heterocycles. The first-order chi connectivity index (χ1) is 4.86. The molecule has 0 fully saturated rings. The lowest BCUT2D eigenvalue weighted by Crippen LogP contribution is -1.90. The summed E-state index contributed by atoms with van der Waals surface area (Å²) in [7, 11) is 0. The van der Waals surface area contributed by atoms with Gasteiger partial charge in [-0.2, -0.15) is 0 Å². The molecule has 0 atom stereocenters. The third-order valence-electron chi connectivity index (χ3n) is 1.61. The van der Waals surface area contributed by atoms with E-state index < -0.39 is 0 Å². The lowest BCUT2D eigenvalue weighted by molar-refractivity contribution is 0.621. The van der Waals surface area contributed by atoms with Gasteiger partial charge in [-0.25, -0.2) is 4.39 Å². The summed E-state index contributed by atoms with van der Waals surface area (Å²) in [6.07, 6.45) is 2.17. The molecular weight excluding hydrogens is 131 g/mol. The molecule has 10 heavy (non-hydrogen) atoms. The van der Waals surface area contributed by atoms with Gasteiger partial charge in [0.1, 0.15) is 5.82 Å². The fourth-order valence-electron chi connectivity index (χ4n) is 1.14. The topological polar surface area (TPSA) is 24.9 Å². The van der Waals surface area contributed by atoms with Gasteiger partial charge in [-0.1, -0.05) is 0 Å². The van der Waals surface area contributed by atoms with Gasteiger partial charge in [0.05, 0.1) is 17.6 Å². The molecule has 0 spiro atoms. The van der Waals surface area contributed by atoms with E-state index in [9.17, 15) is 4.39 Å². The first kappa shape index (κ1) is 5.65. The maximum absolute atomic E-state index is 12.5. The van der Waals surface area contributed by atoms with Crippen molar-refractivity contribution in [2.75, 3.05) is 11.9 Å². The Bertz CT molecular complexity index is 260. The van der Waals surface area contributed by atoms with Gasteiger partial charge in [0.15, 0.2) is 0 Å². The van der Waals surface area contributed by atoms with E-state index in [0.717, 1.165) is 24.3 Å². The van der Waals surface area contributed by atoms with E-state index in [1.54, 1.807) is 0 Å². The molecular formula is C7H7FN2. The molecule has 1 N–H and O–H groups in total. The summed E-state index contributed by atoms with van der Waals surface area (Å²) < 4.78 is 12.5. The second-order valence-electron chi connectivity index (χ2n) is 2.32. The monoisotopic (exact) mass is 138 g/mol. The number of nitrogens with zero attached hydrogens (tertiary/aromatic N) is 1. The number of pyridine rings is 1. The molecule has 2 nitrogen and oxygen atoms in total. The van der Waals surface area contributed by atoms with Crippen molar-refractivity contribution in [1.82, 2.24) is 4.98 Å². The van der Waals surface area contributed by atoms with Crippen LogP contribution in [0.4, 0.5) is 10.1 Å². The maximum Gasteiger partial charge on any atom is 0.143 e. The van der Waals surface area contributed by atoms with Crippen molar-refractivity contribution in [3.05, 3.63) is 23.8 Å². The first-order valence-corrected chi connectivity index (χ1v) is 3.24. The molecule has 1 aromatic heterocycles. The van der Waals surface area contributed by atoms with Crippen LogP contribution in [-0.4, -0.2) is 11.5 Å². The van der Waals surface area contributed by atoms with Crippen molar-refractivity contribution in [3.63, 3.8) is 0 Å². The molecule has 0 aromatic carbocycles. The molecule has 3 heteroatoms. The number of nitrogens with one attached hydrogen (secondary N) is 1. The highest BCUT2D eigenvalue weighted by molar-refractivity contribution is 5.51. The van der Waals surface area contributed by atoms with E-state index in [-0.39, 0.29) is 5.82 Å². The number of fused-ring (bicyclic) bond motifs is 1. The molecule has 0 amide bonds. The molecule has 1 aromatic rings. The maximum atomic E-state index is 12.5. The van der Waals surface area contributed by atoms with E-state index in [1.807, 2.05) is 0 Å². The number of halogens is 1. The Morgan fingerprint density at radius 3 is 3.40 bits per heavy atom. The van der Waals surface area contributed by atoms with Crippen LogP contribution in [0.5, 0.6) is 0 Å². The first-order valence-electron chi connectivity index (χ1n) is 3.24. The summed E-state index contributed by atoms with van der Waals surface area (Å²) in [5.74, 6) is -0.270. The second-order valence-corrected chi connectivity index (χ2v) is 2.32.